The molecular weight excluding hydrogens is 322 g/mol. The van der Waals surface area contributed by atoms with Gasteiger partial charge >= 0.3 is 6.03 Å². The Balaban J connectivity index is 1.62. The first-order valence-electron chi connectivity index (χ1n) is 8.28. The number of aryl methyl sites for hydroxylation is 1. The van der Waals surface area contributed by atoms with Gasteiger partial charge in [-0.15, -0.1) is 0 Å². The third-order valence-corrected chi connectivity index (χ3v) is 4.05. The van der Waals surface area contributed by atoms with Crippen molar-refractivity contribution in [2.75, 3.05) is 13.1 Å². The van der Waals surface area contributed by atoms with E-state index in [1.165, 1.54) is 0 Å². The molecule has 8 heteroatoms. The maximum atomic E-state index is 12.2. The van der Waals surface area contributed by atoms with Crippen LogP contribution in [0.5, 0.6) is 0 Å². The molecule has 3 rings (SSSR count). The van der Waals surface area contributed by atoms with Crippen LogP contribution in [0, 0.1) is 6.92 Å². The molecule has 0 saturated carbocycles. The van der Waals surface area contributed by atoms with Gasteiger partial charge in [-0.1, -0.05) is 35.5 Å². The van der Waals surface area contributed by atoms with Gasteiger partial charge in [0.25, 0.3) is 0 Å². The third kappa shape index (κ3) is 4.56. The number of aromatic nitrogens is 2. The fraction of sp³-hybridized carbons (Fsp3) is 0.412. The van der Waals surface area contributed by atoms with Gasteiger partial charge in [0.05, 0.1) is 12.6 Å². The molecule has 1 fully saturated rings. The zero-order valence-electron chi connectivity index (χ0n) is 14.1. The highest BCUT2D eigenvalue weighted by Crippen LogP contribution is 2.18. The van der Waals surface area contributed by atoms with Crippen LogP contribution in [0.25, 0.3) is 0 Å². The number of hydrogen-bond donors (Lipinski definition) is 2. The van der Waals surface area contributed by atoms with Crippen LogP contribution in [-0.2, 0) is 11.3 Å². The van der Waals surface area contributed by atoms with E-state index in [1.807, 2.05) is 30.3 Å². The Hall–Kier alpha value is -2.90. The summed E-state index contributed by atoms with van der Waals surface area (Å²) in [4.78, 5) is 30.0. The zero-order valence-corrected chi connectivity index (χ0v) is 14.1. The van der Waals surface area contributed by atoms with Gasteiger partial charge in [0, 0.05) is 19.5 Å². The lowest BCUT2D eigenvalue weighted by Crippen LogP contribution is -2.42. The average molecular weight is 343 g/mol. The highest BCUT2D eigenvalue weighted by molar-refractivity contribution is 5.78. The second kappa shape index (κ2) is 7.78. The number of carbonyl (C=O) groups excluding carboxylic acids is 2. The quantitative estimate of drug-likeness (QED) is 0.829. The Kier molecular flexibility index (Phi) is 5.27. The first-order chi connectivity index (χ1) is 12.1. The van der Waals surface area contributed by atoms with Crippen molar-refractivity contribution in [2.24, 2.45) is 0 Å². The monoisotopic (exact) mass is 343 g/mol. The summed E-state index contributed by atoms with van der Waals surface area (Å²) in [5, 5.41) is 9.30. The van der Waals surface area contributed by atoms with E-state index in [0.29, 0.717) is 24.7 Å². The Labute approximate surface area is 145 Å². The number of rotatable bonds is 6. The fourth-order valence-electron chi connectivity index (χ4n) is 2.81. The van der Waals surface area contributed by atoms with Gasteiger partial charge in [-0.2, -0.15) is 4.98 Å². The first kappa shape index (κ1) is 16.9. The maximum absolute atomic E-state index is 12.2. The molecule has 2 N–H and O–H groups in total. The van der Waals surface area contributed by atoms with E-state index in [-0.39, 0.29) is 24.5 Å². The van der Waals surface area contributed by atoms with E-state index >= 15 is 0 Å². The first-order valence-corrected chi connectivity index (χ1v) is 8.28. The van der Waals surface area contributed by atoms with Gasteiger partial charge in [0.2, 0.25) is 11.8 Å². The molecule has 25 heavy (non-hydrogen) atoms. The van der Waals surface area contributed by atoms with Crippen molar-refractivity contribution in [3.8, 4) is 0 Å². The standard InChI is InChI=1S/C17H21N5O3/c1-12-19-15(25-21-12)10-18-17(24)20-14(13-6-3-2-4-7-13)11-22-9-5-8-16(22)23/h2-4,6-7,14H,5,8-11H2,1H3,(H2,18,20,24)/t14-/m0/s1. The average Bonchev–Trinajstić information content (AvgIpc) is 3.21. The lowest BCUT2D eigenvalue weighted by Gasteiger charge is -2.25. The van der Waals surface area contributed by atoms with Crippen molar-refractivity contribution in [1.82, 2.24) is 25.7 Å². The molecule has 3 amide bonds. The predicted molar refractivity (Wildman–Crippen MR) is 89.4 cm³/mol. The molecule has 132 valence electrons. The lowest BCUT2D eigenvalue weighted by atomic mass is 10.1. The summed E-state index contributed by atoms with van der Waals surface area (Å²) >= 11 is 0. The molecule has 1 atom stereocenters. The Morgan fingerprint density at radius 1 is 1.36 bits per heavy atom. The summed E-state index contributed by atoms with van der Waals surface area (Å²) in [7, 11) is 0. The molecule has 0 aliphatic carbocycles. The van der Waals surface area contributed by atoms with E-state index in [2.05, 4.69) is 20.8 Å². The molecule has 8 nitrogen and oxygen atoms in total. The number of carbonyl (C=O) groups is 2. The smallest absolute Gasteiger partial charge is 0.315 e. The Bertz CT molecular complexity index is 731. The van der Waals surface area contributed by atoms with Crippen molar-refractivity contribution in [2.45, 2.75) is 32.4 Å². The van der Waals surface area contributed by atoms with Crippen LogP contribution in [0.2, 0.25) is 0 Å². The van der Waals surface area contributed by atoms with E-state index in [4.69, 9.17) is 4.52 Å². The van der Waals surface area contributed by atoms with Gasteiger partial charge in [-0.25, -0.2) is 4.79 Å². The molecule has 2 heterocycles. The third-order valence-electron chi connectivity index (χ3n) is 4.05. The van der Waals surface area contributed by atoms with Crippen LogP contribution in [0.4, 0.5) is 4.79 Å². The Morgan fingerprint density at radius 3 is 2.80 bits per heavy atom. The highest BCUT2D eigenvalue weighted by Gasteiger charge is 2.25. The van der Waals surface area contributed by atoms with E-state index < -0.39 is 0 Å². The van der Waals surface area contributed by atoms with Crippen LogP contribution in [0.15, 0.2) is 34.9 Å². The summed E-state index contributed by atoms with van der Waals surface area (Å²) in [6, 6.07) is 8.98. The van der Waals surface area contributed by atoms with Crippen molar-refractivity contribution in [3.05, 3.63) is 47.6 Å². The van der Waals surface area contributed by atoms with Gasteiger partial charge < -0.3 is 20.1 Å². The normalized spacial score (nSPS) is 15.2. The Morgan fingerprint density at radius 2 is 2.16 bits per heavy atom. The SMILES string of the molecule is Cc1noc(CNC(=O)N[C@@H](CN2CCCC2=O)c2ccccc2)n1. The van der Waals surface area contributed by atoms with Gasteiger partial charge in [-0.3, -0.25) is 4.79 Å². The van der Waals surface area contributed by atoms with Gasteiger partial charge in [0.15, 0.2) is 5.82 Å². The number of nitrogens with zero attached hydrogens (tertiary/aromatic N) is 3. The van der Waals surface area contributed by atoms with Crippen LogP contribution in [0.1, 0.15) is 36.2 Å². The fourth-order valence-corrected chi connectivity index (χ4v) is 2.81. The van der Waals surface area contributed by atoms with Crippen LogP contribution >= 0.6 is 0 Å². The molecule has 1 aliphatic rings. The van der Waals surface area contributed by atoms with Crippen molar-refractivity contribution in [1.29, 1.82) is 0 Å². The van der Waals surface area contributed by atoms with Crippen LogP contribution in [-0.4, -0.2) is 40.1 Å². The summed E-state index contributed by atoms with van der Waals surface area (Å²) in [6.07, 6.45) is 1.44. The molecule has 0 unspecified atom stereocenters. The van der Waals surface area contributed by atoms with E-state index in [0.717, 1.165) is 18.5 Å². The topological polar surface area (TPSA) is 100 Å². The maximum Gasteiger partial charge on any atom is 0.315 e. The largest absolute Gasteiger partial charge is 0.340 e. The summed E-state index contributed by atoms with van der Waals surface area (Å²) < 4.78 is 4.97. The number of urea groups is 1. The molecule has 0 radical (unpaired) electrons. The lowest BCUT2D eigenvalue weighted by molar-refractivity contribution is -0.128. The molecule has 2 aromatic rings. The van der Waals surface area contributed by atoms with Crippen LogP contribution < -0.4 is 10.6 Å². The summed E-state index contributed by atoms with van der Waals surface area (Å²) in [5.41, 5.74) is 0.950. The minimum atomic E-state index is -0.351. The minimum Gasteiger partial charge on any atom is -0.340 e. The van der Waals surface area contributed by atoms with E-state index in [9.17, 15) is 9.59 Å². The predicted octanol–water partition coefficient (Wildman–Crippen LogP) is 1.54. The van der Waals surface area contributed by atoms with Crippen molar-refractivity contribution >= 4 is 11.9 Å². The molecule has 1 aromatic carbocycles. The number of hydrogen-bond acceptors (Lipinski definition) is 5. The van der Waals surface area contributed by atoms with Gasteiger partial charge in [0.1, 0.15) is 0 Å². The minimum absolute atomic E-state index is 0.129. The van der Waals surface area contributed by atoms with Crippen molar-refractivity contribution in [3.63, 3.8) is 0 Å². The van der Waals surface area contributed by atoms with Crippen LogP contribution in [0.3, 0.4) is 0 Å². The van der Waals surface area contributed by atoms with Crippen molar-refractivity contribution < 1.29 is 14.1 Å². The van der Waals surface area contributed by atoms with E-state index in [1.54, 1.807) is 11.8 Å². The molecule has 1 aromatic heterocycles. The highest BCUT2D eigenvalue weighted by atomic mass is 16.5. The second-order valence-corrected chi connectivity index (χ2v) is 5.97. The zero-order chi connectivity index (χ0) is 17.6. The summed E-state index contributed by atoms with van der Waals surface area (Å²) in [5.74, 6) is 0.995. The number of benzene rings is 1. The summed E-state index contributed by atoms with van der Waals surface area (Å²) in [6.45, 7) is 3.05. The number of amides is 3. The number of likely N-dealkylation sites (tertiary alicyclic amines) is 1. The molecule has 1 saturated heterocycles. The van der Waals surface area contributed by atoms with Gasteiger partial charge in [-0.05, 0) is 18.9 Å². The molecule has 1 aliphatic heterocycles. The second-order valence-electron chi connectivity index (χ2n) is 5.97. The number of nitrogens with one attached hydrogen (secondary N) is 2. The molecule has 0 bridgehead atoms. The molecular formula is C17H21N5O3. The molecule has 0 spiro atoms.